The number of likely N-dealkylation sites (N-methyl/N-ethyl adjacent to an activating group) is 1. The van der Waals surface area contributed by atoms with Crippen LogP contribution in [0.3, 0.4) is 0 Å². The first-order valence-corrected chi connectivity index (χ1v) is 6.74. The molecule has 0 unspecified atom stereocenters. The van der Waals surface area contributed by atoms with Gasteiger partial charge in [0.1, 0.15) is 12.3 Å². The van der Waals surface area contributed by atoms with E-state index < -0.39 is 24.4 Å². The summed E-state index contributed by atoms with van der Waals surface area (Å²) in [6, 6.07) is 7.18. The average Bonchev–Trinajstić information content (AvgIpc) is 2.53. The smallest absolute Gasteiger partial charge is 0.433 e. The van der Waals surface area contributed by atoms with Crippen molar-refractivity contribution in [3.63, 3.8) is 0 Å². The molecule has 1 aromatic heterocycles. The molecule has 1 heterocycles. The summed E-state index contributed by atoms with van der Waals surface area (Å²) in [6.07, 6.45) is -4.69. The van der Waals surface area contributed by atoms with E-state index in [1.165, 1.54) is 20.2 Å². The van der Waals surface area contributed by atoms with Gasteiger partial charge in [0.05, 0.1) is 12.8 Å². The van der Waals surface area contributed by atoms with Gasteiger partial charge in [-0.15, -0.1) is 0 Å². The van der Waals surface area contributed by atoms with Crippen LogP contribution in [0.5, 0.6) is 5.75 Å². The lowest BCUT2D eigenvalue weighted by atomic mass is 10.1. The van der Waals surface area contributed by atoms with E-state index in [1.807, 2.05) is 0 Å². The van der Waals surface area contributed by atoms with Gasteiger partial charge in [-0.1, -0.05) is 12.1 Å². The predicted octanol–water partition coefficient (Wildman–Crippen LogP) is 2.69. The molecule has 0 aliphatic rings. The highest BCUT2D eigenvalue weighted by Crippen LogP contribution is 2.32. The Morgan fingerprint density at radius 1 is 1.29 bits per heavy atom. The molecule has 0 amide bonds. The molecule has 9 heteroatoms. The molecule has 0 fully saturated rings. The van der Waals surface area contributed by atoms with Crippen LogP contribution in [0.1, 0.15) is 5.69 Å². The summed E-state index contributed by atoms with van der Waals surface area (Å²) in [5.74, 6) is -1.08. The Hall–Kier alpha value is -2.84. The molecule has 0 aliphatic carbocycles. The number of halogens is 3. The molecule has 0 aliphatic heterocycles. The molecular weight excluding hydrogens is 327 g/mol. The highest BCUT2D eigenvalue weighted by atomic mass is 19.4. The van der Waals surface area contributed by atoms with Crippen molar-refractivity contribution in [3.05, 3.63) is 36.0 Å². The zero-order valence-corrected chi connectivity index (χ0v) is 12.8. The second kappa shape index (κ2) is 6.73. The van der Waals surface area contributed by atoms with Gasteiger partial charge in [0.2, 0.25) is 5.95 Å². The van der Waals surface area contributed by atoms with Gasteiger partial charge in [-0.25, -0.2) is 9.97 Å². The topological polar surface area (TPSA) is 75.5 Å². The summed E-state index contributed by atoms with van der Waals surface area (Å²) >= 11 is 0. The summed E-state index contributed by atoms with van der Waals surface area (Å²) < 4.78 is 44.3. The van der Waals surface area contributed by atoms with Crippen molar-refractivity contribution in [2.75, 3.05) is 25.6 Å². The Morgan fingerprint density at radius 2 is 2.00 bits per heavy atom. The second-order valence-electron chi connectivity index (χ2n) is 4.92. The van der Waals surface area contributed by atoms with Gasteiger partial charge >= 0.3 is 12.1 Å². The number of anilines is 1. The minimum atomic E-state index is -4.69. The number of ether oxygens (including phenoxy) is 1. The molecule has 0 saturated carbocycles. The molecule has 0 spiro atoms. The van der Waals surface area contributed by atoms with E-state index in [2.05, 4.69) is 9.97 Å². The highest BCUT2D eigenvalue weighted by Gasteiger charge is 2.34. The van der Waals surface area contributed by atoms with Crippen molar-refractivity contribution < 1.29 is 27.8 Å². The maximum absolute atomic E-state index is 13.1. The van der Waals surface area contributed by atoms with Crippen LogP contribution in [-0.4, -0.2) is 41.7 Å². The average molecular weight is 341 g/mol. The Labute approximate surface area is 135 Å². The zero-order valence-electron chi connectivity index (χ0n) is 12.8. The number of alkyl halides is 3. The van der Waals surface area contributed by atoms with Gasteiger partial charge in [-0.05, 0) is 18.2 Å². The number of aromatic nitrogens is 2. The van der Waals surface area contributed by atoms with Crippen molar-refractivity contribution in [1.82, 2.24) is 9.97 Å². The highest BCUT2D eigenvalue weighted by molar-refractivity contribution is 5.73. The molecule has 0 radical (unpaired) electrons. The van der Waals surface area contributed by atoms with Crippen LogP contribution in [0.15, 0.2) is 30.3 Å². The number of methoxy groups -OCH3 is 1. The minimum absolute atomic E-state index is 0.0171. The van der Waals surface area contributed by atoms with Gasteiger partial charge in [-0.3, -0.25) is 4.79 Å². The third-order valence-corrected chi connectivity index (χ3v) is 3.08. The van der Waals surface area contributed by atoms with Crippen LogP contribution in [0, 0.1) is 0 Å². The van der Waals surface area contributed by atoms with E-state index in [1.54, 1.807) is 18.2 Å². The van der Waals surface area contributed by atoms with Crippen molar-refractivity contribution in [3.8, 4) is 17.0 Å². The number of hydrogen-bond acceptors (Lipinski definition) is 5. The maximum atomic E-state index is 13.1. The Balaban J connectivity index is 2.56. The van der Waals surface area contributed by atoms with Gasteiger partial charge in [0.25, 0.3) is 0 Å². The first-order valence-electron chi connectivity index (χ1n) is 6.74. The normalized spacial score (nSPS) is 11.2. The molecule has 24 heavy (non-hydrogen) atoms. The largest absolute Gasteiger partial charge is 0.497 e. The standard InChI is InChI=1S/C15H14F3N3O3/c1-21(8-13(22)23)14-19-11(7-12(20-14)15(16,17)18)9-4-3-5-10(6-9)24-2/h3-7H,8H2,1-2H3,(H,22,23). The monoisotopic (exact) mass is 341 g/mol. The maximum Gasteiger partial charge on any atom is 0.433 e. The number of carboxylic acid groups (broad SMARTS) is 1. The fraction of sp³-hybridized carbons (Fsp3) is 0.267. The molecule has 2 rings (SSSR count). The Bertz CT molecular complexity index is 750. The van der Waals surface area contributed by atoms with Crippen molar-refractivity contribution >= 4 is 11.9 Å². The summed E-state index contributed by atoms with van der Waals surface area (Å²) in [5, 5.41) is 8.79. The molecule has 128 valence electrons. The molecule has 0 atom stereocenters. The summed E-state index contributed by atoms with van der Waals surface area (Å²) in [4.78, 5) is 19.3. The van der Waals surface area contributed by atoms with Crippen LogP contribution in [-0.2, 0) is 11.0 Å². The number of carbonyl (C=O) groups is 1. The lowest BCUT2D eigenvalue weighted by Crippen LogP contribution is -2.28. The second-order valence-corrected chi connectivity index (χ2v) is 4.92. The van der Waals surface area contributed by atoms with E-state index in [4.69, 9.17) is 9.84 Å². The van der Waals surface area contributed by atoms with Crippen LogP contribution < -0.4 is 9.64 Å². The van der Waals surface area contributed by atoms with Gasteiger partial charge < -0.3 is 14.7 Å². The lowest BCUT2D eigenvalue weighted by molar-refractivity contribution is -0.141. The Kier molecular flexibility index (Phi) is 4.91. The van der Waals surface area contributed by atoms with Crippen LogP contribution in [0.2, 0.25) is 0 Å². The number of carboxylic acids is 1. The third-order valence-electron chi connectivity index (χ3n) is 3.08. The van der Waals surface area contributed by atoms with E-state index in [9.17, 15) is 18.0 Å². The number of aliphatic carboxylic acids is 1. The molecule has 0 bridgehead atoms. The first-order chi connectivity index (χ1) is 11.2. The molecule has 0 saturated heterocycles. The van der Waals surface area contributed by atoms with E-state index >= 15 is 0 Å². The SMILES string of the molecule is COc1cccc(-c2cc(C(F)(F)F)nc(N(C)CC(=O)O)n2)c1. The van der Waals surface area contributed by atoms with Crippen molar-refractivity contribution in [2.45, 2.75) is 6.18 Å². The number of nitrogens with zero attached hydrogens (tertiary/aromatic N) is 3. The molecule has 2 aromatic rings. The van der Waals surface area contributed by atoms with E-state index in [0.29, 0.717) is 11.3 Å². The molecule has 6 nitrogen and oxygen atoms in total. The van der Waals surface area contributed by atoms with Crippen LogP contribution in [0.4, 0.5) is 19.1 Å². The number of hydrogen-bond donors (Lipinski definition) is 1. The van der Waals surface area contributed by atoms with Crippen molar-refractivity contribution in [1.29, 1.82) is 0 Å². The van der Waals surface area contributed by atoms with E-state index in [0.717, 1.165) is 11.0 Å². The molecular formula is C15H14F3N3O3. The van der Waals surface area contributed by atoms with Gasteiger partial charge in [0, 0.05) is 12.6 Å². The van der Waals surface area contributed by atoms with Gasteiger partial charge in [-0.2, -0.15) is 13.2 Å². The predicted molar refractivity (Wildman–Crippen MR) is 79.9 cm³/mol. The fourth-order valence-electron chi connectivity index (χ4n) is 1.95. The Morgan fingerprint density at radius 3 is 2.58 bits per heavy atom. The van der Waals surface area contributed by atoms with Gasteiger partial charge in [0.15, 0.2) is 5.69 Å². The third kappa shape index (κ3) is 4.12. The number of benzene rings is 1. The van der Waals surface area contributed by atoms with Crippen LogP contribution >= 0.6 is 0 Å². The van der Waals surface area contributed by atoms with E-state index in [-0.39, 0.29) is 11.6 Å². The first kappa shape index (κ1) is 17.5. The summed E-state index contributed by atoms with van der Waals surface area (Å²) in [6.45, 7) is -0.529. The number of rotatable bonds is 5. The van der Waals surface area contributed by atoms with Crippen molar-refractivity contribution in [2.24, 2.45) is 0 Å². The quantitative estimate of drug-likeness (QED) is 0.901. The lowest BCUT2D eigenvalue weighted by Gasteiger charge is -2.17. The minimum Gasteiger partial charge on any atom is -0.497 e. The zero-order chi connectivity index (χ0) is 17.9. The summed E-state index contributed by atoms with van der Waals surface area (Å²) in [5.41, 5.74) is -0.738. The van der Waals surface area contributed by atoms with Crippen LogP contribution in [0.25, 0.3) is 11.3 Å². The summed E-state index contributed by atoms with van der Waals surface area (Å²) in [7, 11) is 2.74. The fourth-order valence-corrected chi connectivity index (χ4v) is 1.95. The molecule has 1 aromatic carbocycles. The molecule has 1 N–H and O–H groups in total.